The van der Waals surface area contributed by atoms with Crippen LogP contribution in [0.15, 0.2) is 54.6 Å². The Kier molecular flexibility index (Phi) is 6.78. The van der Waals surface area contributed by atoms with Gasteiger partial charge in [0, 0.05) is 6.07 Å². The van der Waals surface area contributed by atoms with E-state index in [0.717, 1.165) is 5.75 Å². The summed E-state index contributed by atoms with van der Waals surface area (Å²) >= 11 is 0. The molecule has 0 aromatic heterocycles. The molecule has 0 aliphatic carbocycles. The van der Waals surface area contributed by atoms with Crippen LogP contribution in [0.3, 0.4) is 0 Å². The SMILES string of the molecule is CCOc1cccc(OCCNC(=O)COc2ccccc2)c1. The van der Waals surface area contributed by atoms with Gasteiger partial charge < -0.3 is 19.5 Å². The second-order valence-corrected chi connectivity index (χ2v) is 4.71. The van der Waals surface area contributed by atoms with Crippen LogP contribution in [-0.2, 0) is 4.79 Å². The molecule has 0 heterocycles. The van der Waals surface area contributed by atoms with Gasteiger partial charge in [-0.05, 0) is 31.2 Å². The van der Waals surface area contributed by atoms with Crippen LogP contribution in [0.2, 0.25) is 0 Å². The molecule has 0 spiro atoms. The van der Waals surface area contributed by atoms with Gasteiger partial charge in [-0.3, -0.25) is 4.79 Å². The fourth-order valence-electron chi connectivity index (χ4n) is 1.90. The molecule has 0 radical (unpaired) electrons. The van der Waals surface area contributed by atoms with Gasteiger partial charge in [-0.1, -0.05) is 24.3 Å². The molecule has 0 atom stereocenters. The molecule has 0 saturated heterocycles. The number of ether oxygens (including phenoxy) is 3. The van der Waals surface area contributed by atoms with Crippen molar-refractivity contribution in [3.63, 3.8) is 0 Å². The first-order valence-corrected chi connectivity index (χ1v) is 7.58. The number of rotatable bonds is 9. The lowest BCUT2D eigenvalue weighted by Crippen LogP contribution is -2.32. The van der Waals surface area contributed by atoms with Crippen molar-refractivity contribution in [3.8, 4) is 17.2 Å². The molecule has 5 heteroatoms. The van der Waals surface area contributed by atoms with Crippen molar-refractivity contribution in [3.05, 3.63) is 54.6 Å². The Labute approximate surface area is 136 Å². The van der Waals surface area contributed by atoms with E-state index in [1.54, 1.807) is 0 Å². The largest absolute Gasteiger partial charge is 0.494 e. The minimum Gasteiger partial charge on any atom is -0.494 e. The number of para-hydroxylation sites is 1. The van der Waals surface area contributed by atoms with E-state index in [1.807, 2.05) is 61.5 Å². The van der Waals surface area contributed by atoms with Gasteiger partial charge in [0.25, 0.3) is 5.91 Å². The lowest BCUT2D eigenvalue weighted by molar-refractivity contribution is -0.123. The Bertz CT molecular complexity index is 601. The van der Waals surface area contributed by atoms with Crippen LogP contribution < -0.4 is 19.5 Å². The zero-order chi connectivity index (χ0) is 16.3. The normalized spacial score (nSPS) is 9.96. The number of nitrogens with one attached hydrogen (secondary N) is 1. The van der Waals surface area contributed by atoms with Crippen molar-refractivity contribution in [1.82, 2.24) is 5.32 Å². The molecule has 5 nitrogen and oxygen atoms in total. The fraction of sp³-hybridized carbons (Fsp3) is 0.278. The van der Waals surface area contributed by atoms with Crippen LogP contribution in [0.5, 0.6) is 17.2 Å². The first-order chi connectivity index (χ1) is 11.3. The second-order valence-electron chi connectivity index (χ2n) is 4.71. The number of benzene rings is 2. The first kappa shape index (κ1) is 16.7. The van der Waals surface area contributed by atoms with Crippen LogP contribution >= 0.6 is 0 Å². The molecule has 0 bridgehead atoms. The molecule has 0 saturated carbocycles. The fourth-order valence-corrected chi connectivity index (χ4v) is 1.90. The maximum Gasteiger partial charge on any atom is 0.258 e. The number of hydrogen-bond donors (Lipinski definition) is 1. The quantitative estimate of drug-likeness (QED) is 0.723. The molecule has 0 aliphatic heterocycles. The minimum atomic E-state index is -0.180. The maximum atomic E-state index is 11.7. The van der Waals surface area contributed by atoms with E-state index in [0.29, 0.717) is 31.3 Å². The summed E-state index contributed by atoms with van der Waals surface area (Å²) in [5, 5.41) is 2.74. The van der Waals surface area contributed by atoms with Gasteiger partial charge in [0.1, 0.15) is 23.9 Å². The van der Waals surface area contributed by atoms with E-state index in [2.05, 4.69) is 5.32 Å². The number of hydrogen-bond acceptors (Lipinski definition) is 4. The lowest BCUT2D eigenvalue weighted by atomic mass is 10.3. The van der Waals surface area contributed by atoms with Gasteiger partial charge in [-0.15, -0.1) is 0 Å². The van der Waals surface area contributed by atoms with Gasteiger partial charge in [0.05, 0.1) is 13.2 Å². The van der Waals surface area contributed by atoms with Crippen molar-refractivity contribution in [1.29, 1.82) is 0 Å². The molecule has 2 aromatic rings. The summed E-state index contributed by atoms with van der Waals surface area (Å²) in [5.74, 6) is 1.98. The summed E-state index contributed by atoms with van der Waals surface area (Å²) in [6, 6.07) is 16.6. The van der Waals surface area contributed by atoms with E-state index < -0.39 is 0 Å². The van der Waals surface area contributed by atoms with Crippen molar-refractivity contribution in [2.45, 2.75) is 6.92 Å². The predicted molar refractivity (Wildman–Crippen MR) is 88.1 cm³/mol. The summed E-state index contributed by atoms with van der Waals surface area (Å²) in [5.41, 5.74) is 0. The van der Waals surface area contributed by atoms with Crippen molar-refractivity contribution < 1.29 is 19.0 Å². The standard InChI is InChI=1S/C18H21NO4/c1-2-21-16-9-6-10-17(13-16)22-12-11-19-18(20)14-23-15-7-4-3-5-8-15/h3-10,13H,2,11-12,14H2,1H3,(H,19,20). The van der Waals surface area contributed by atoms with Crippen LogP contribution in [0.1, 0.15) is 6.92 Å². The third kappa shape index (κ3) is 6.30. The van der Waals surface area contributed by atoms with Gasteiger partial charge in [0.15, 0.2) is 6.61 Å². The first-order valence-electron chi connectivity index (χ1n) is 7.58. The third-order valence-corrected chi connectivity index (χ3v) is 2.92. The van der Waals surface area contributed by atoms with Crippen LogP contribution in [-0.4, -0.2) is 32.3 Å². The Morgan fingerprint density at radius 3 is 2.35 bits per heavy atom. The predicted octanol–water partition coefficient (Wildman–Crippen LogP) is 2.66. The van der Waals surface area contributed by atoms with Gasteiger partial charge in [0.2, 0.25) is 0 Å². The third-order valence-electron chi connectivity index (χ3n) is 2.92. The number of carbonyl (C=O) groups excluding carboxylic acids is 1. The van der Waals surface area contributed by atoms with Gasteiger partial charge in [-0.2, -0.15) is 0 Å². The van der Waals surface area contributed by atoms with E-state index in [-0.39, 0.29) is 12.5 Å². The Hall–Kier alpha value is -2.69. The minimum absolute atomic E-state index is 0.0101. The highest BCUT2D eigenvalue weighted by molar-refractivity contribution is 5.77. The molecule has 2 aromatic carbocycles. The van der Waals surface area contributed by atoms with E-state index in [1.165, 1.54) is 0 Å². The topological polar surface area (TPSA) is 56.8 Å². The Morgan fingerprint density at radius 1 is 0.913 bits per heavy atom. The number of carbonyl (C=O) groups is 1. The zero-order valence-electron chi connectivity index (χ0n) is 13.2. The highest BCUT2D eigenvalue weighted by atomic mass is 16.5. The van der Waals surface area contributed by atoms with Crippen LogP contribution in [0, 0.1) is 0 Å². The molecule has 23 heavy (non-hydrogen) atoms. The molecule has 2 rings (SSSR count). The maximum absolute atomic E-state index is 11.7. The van der Waals surface area contributed by atoms with E-state index >= 15 is 0 Å². The summed E-state index contributed by atoms with van der Waals surface area (Å²) < 4.78 is 16.3. The Morgan fingerprint density at radius 2 is 1.61 bits per heavy atom. The highest BCUT2D eigenvalue weighted by Crippen LogP contribution is 2.19. The smallest absolute Gasteiger partial charge is 0.258 e. The molecular weight excluding hydrogens is 294 g/mol. The Balaban J connectivity index is 1.63. The zero-order valence-corrected chi connectivity index (χ0v) is 13.2. The van der Waals surface area contributed by atoms with E-state index in [9.17, 15) is 4.79 Å². The van der Waals surface area contributed by atoms with Crippen LogP contribution in [0.4, 0.5) is 0 Å². The molecular formula is C18H21NO4. The van der Waals surface area contributed by atoms with Gasteiger partial charge in [-0.25, -0.2) is 0 Å². The van der Waals surface area contributed by atoms with Crippen molar-refractivity contribution in [2.24, 2.45) is 0 Å². The molecule has 0 fully saturated rings. The summed E-state index contributed by atoms with van der Waals surface area (Å²) in [6.45, 7) is 3.33. The molecule has 1 N–H and O–H groups in total. The second kappa shape index (κ2) is 9.35. The molecule has 122 valence electrons. The monoisotopic (exact) mass is 315 g/mol. The molecule has 0 unspecified atom stereocenters. The van der Waals surface area contributed by atoms with E-state index in [4.69, 9.17) is 14.2 Å². The molecule has 1 amide bonds. The molecule has 0 aliphatic rings. The average Bonchev–Trinajstić information content (AvgIpc) is 2.58. The summed E-state index contributed by atoms with van der Waals surface area (Å²) in [7, 11) is 0. The highest BCUT2D eigenvalue weighted by Gasteiger charge is 2.02. The summed E-state index contributed by atoms with van der Waals surface area (Å²) in [4.78, 5) is 11.7. The van der Waals surface area contributed by atoms with Crippen molar-refractivity contribution in [2.75, 3.05) is 26.4 Å². The van der Waals surface area contributed by atoms with Gasteiger partial charge >= 0.3 is 0 Å². The number of amides is 1. The summed E-state index contributed by atoms with van der Waals surface area (Å²) in [6.07, 6.45) is 0. The van der Waals surface area contributed by atoms with Crippen molar-refractivity contribution >= 4 is 5.91 Å². The van der Waals surface area contributed by atoms with Crippen LogP contribution in [0.25, 0.3) is 0 Å². The lowest BCUT2D eigenvalue weighted by Gasteiger charge is -2.10. The average molecular weight is 315 g/mol.